The zero-order valence-corrected chi connectivity index (χ0v) is 16.2. The fourth-order valence-corrected chi connectivity index (χ4v) is 4.06. The molecule has 2 heterocycles. The first-order valence-electron chi connectivity index (χ1n) is 9.57. The van der Waals surface area contributed by atoms with Gasteiger partial charge in [-0.25, -0.2) is 8.78 Å². The molecule has 0 amide bonds. The van der Waals surface area contributed by atoms with Gasteiger partial charge in [-0.1, -0.05) is 44.0 Å². The van der Waals surface area contributed by atoms with E-state index in [9.17, 15) is 8.78 Å². The number of fused-ring (bicyclic) bond motifs is 1. The molecule has 1 aliphatic heterocycles. The van der Waals surface area contributed by atoms with Crippen molar-refractivity contribution < 1.29 is 8.78 Å². The number of piperazine rings is 1. The van der Waals surface area contributed by atoms with Crippen LogP contribution in [0.5, 0.6) is 0 Å². The van der Waals surface area contributed by atoms with Crippen molar-refractivity contribution in [2.24, 2.45) is 0 Å². The van der Waals surface area contributed by atoms with Crippen LogP contribution in [0.15, 0.2) is 62.2 Å². The number of para-hydroxylation sites is 1. The van der Waals surface area contributed by atoms with Gasteiger partial charge in [-0.3, -0.25) is 4.57 Å². The number of anilines is 1. The zero-order chi connectivity index (χ0) is 20.5. The van der Waals surface area contributed by atoms with Crippen LogP contribution in [-0.2, 0) is 0 Å². The predicted molar refractivity (Wildman–Crippen MR) is 118 cm³/mol. The third-order valence-electron chi connectivity index (χ3n) is 5.46. The van der Waals surface area contributed by atoms with Crippen LogP contribution in [0.4, 0.5) is 14.5 Å². The number of nitrogens with zero attached hydrogens (tertiary/aromatic N) is 3. The fraction of sp³-hybridized carbons (Fsp3) is 0.167. The number of hydrogen-bond acceptors (Lipinski definition) is 2. The van der Waals surface area contributed by atoms with E-state index < -0.39 is 11.6 Å². The highest BCUT2D eigenvalue weighted by Crippen LogP contribution is 2.32. The van der Waals surface area contributed by atoms with Gasteiger partial charge in [-0.05, 0) is 24.3 Å². The van der Waals surface area contributed by atoms with E-state index in [0.717, 1.165) is 34.0 Å². The normalized spacial score (nSPS) is 14.3. The number of benzene rings is 2. The second-order valence-electron chi connectivity index (χ2n) is 7.08. The first-order chi connectivity index (χ1) is 14.0. The molecule has 0 aliphatic carbocycles. The smallest absolute Gasteiger partial charge is 0.128 e. The second kappa shape index (κ2) is 7.59. The minimum Gasteiger partial charge on any atom is -0.368 e. The molecule has 0 unspecified atom stereocenters. The van der Waals surface area contributed by atoms with Crippen molar-refractivity contribution in [3.8, 4) is 0 Å². The van der Waals surface area contributed by atoms with Crippen molar-refractivity contribution in [2.75, 3.05) is 31.1 Å². The molecule has 3 nitrogen and oxygen atoms in total. The van der Waals surface area contributed by atoms with Crippen LogP contribution in [0, 0.1) is 11.6 Å². The molecule has 29 heavy (non-hydrogen) atoms. The van der Waals surface area contributed by atoms with Crippen molar-refractivity contribution in [3.63, 3.8) is 0 Å². The molecule has 4 rings (SSSR count). The number of rotatable bonds is 5. The van der Waals surface area contributed by atoms with Gasteiger partial charge in [0.2, 0.25) is 0 Å². The van der Waals surface area contributed by atoms with Crippen LogP contribution >= 0.6 is 0 Å². The maximum absolute atomic E-state index is 13.6. The van der Waals surface area contributed by atoms with Gasteiger partial charge >= 0.3 is 0 Å². The molecule has 0 bridgehead atoms. The molecule has 0 spiro atoms. The van der Waals surface area contributed by atoms with Gasteiger partial charge < -0.3 is 9.80 Å². The summed E-state index contributed by atoms with van der Waals surface area (Å²) in [7, 11) is 0. The largest absolute Gasteiger partial charge is 0.368 e. The highest BCUT2D eigenvalue weighted by atomic mass is 19.1. The molecule has 0 atom stereocenters. The van der Waals surface area contributed by atoms with Crippen molar-refractivity contribution >= 4 is 34.6 Å². The van der Waals surface area contributed by atoms with Crippen LogP contribution in [-0.4, -0.2) is 35.6 Å². The van der Waals surface area contributed by atoms with Gasteiger partial charge in [0.25, 0.3) is 0 Å². The predicted octanol–water partition coefficient (Wildman–Crippen LogP) is 5.46. The Hall–Kier alpha value is -3.34. The molecular weight excluding hydrogens is 368 g/mol. The average molecular weight is 391 g/mol. The Morgan fingerprint density at radius 2 is 1.55 bits per heavy atom. The standard InChI is InChI=1S/C24H23F2N3/c1-4-21-22-8-6-7-9-24(22)29(23(21)5-2)17(3)27-10-12-28(13-11-27)20-15-18(25)14-19(26)16-20/h4-9,14-16H,1-3,10-13H2. The Bertz CT molecular complexity index is 1080. The van der Waals surface area contributed by atoms with Crippen LogP contribution in [0.2, 0.25) is 0 Å². The Balaban J connectivity index is 1.61. The maximum atomic E-state index is 13.6. The molecule has 1 fully saturated rings. The molecule has 3 aromatic rings. The van der Waals surface area contributed by atoms with Gasteiger partial charge in [0.05, 0.1) is 11.2 Å². The Kier molecular flexibility index (Phi) is 4.97. The third kappa shape index (κ3) is 3.33. The number of hydrogen-bond donors (Lipinski definition) is 0. The summed E-state index contributed by atoms with van der Waals surface area (Å²) in [5, 5.41) is 1.10. The van der Waals surface area contributed by atoms with E-state index >= 15 is 0 Å². The molecule has 0 saturated carbocycles. The summed E-state index contributed by atoms with van der Waals surface area (Å²) in [4.78, 5) is 4.19. The van der Waals surface area contributed by atoms with E-state index in [1.165, 1.54) is 12.1 Å². The van der Waals surface area contributed by atoms with Crippen LogP contribution in [0.25, 0.3) is 28.9 Å². The van der Waals surface area contributed by atoms with E-state index in [4.69, 9.17) is 0 Å². The summed E-state index contributed by atoms with van der Waals surface area (Å²) < 4.78 is 29.2. The summed E-state index contributed by atoms with van der Waals surface area (Å²) in [6.45, 7) is 15.0. The maximum Gasteiger partial charge on any atom is 0.128 e. The van der Waals surface area contributed by atoms with Crippen LogP contribution < -0.4 is 4.90 Å². The summed E-state index contributed by atoms with van der Waals surface area (Å²) in [6.07, 6.45) is 3.67. The Labute approximate surface area is 169 Å². The first-order valence-corrected chi connectivity index (χ1v) is 9.57. The minimum atomic E-state index is -0.557. The molecule has 1 aliphatic rings. The Morgan fingerprint density at radius 1 is 0.897 bits per heavy atom. The number of aromatic nitrogens is 1. The Morgan fingerprint density at radius 3 is 2.17 bits per heavy atom. The molecule has 5 heteroatoms. The van der Waals surface area contributed by atoms with Gasteiger partial charge in [-0.2, -0.15) is 0 Å². The zero-order valence-electron chi connectivity index (χ0n) is 16.2. The van der Waals surface area contributed by atoms with E-state index in [2.05, 4.69) is 41.3 Å². The topological polar surface area (TPSA) is 11.4 Å². The lowest BCUT2D eigenvalue weighted by Gasteiger charge is -2.38. The molecule has 0 N–H and O–H groups in total. The molecule has 148 valence electrons. The number of halogens is 2. The monoisotopic (exact) mass is 391 g/mol. The fourth-order valence-electron chi connectivity index (χ4n) is 4.06. The van der Waals surface area contributed by atoms with Crippen LogP contribution in [0.1, 0.15) is 11.3 Å². The lowest BCUT2D eigenvalue weighted by atomic mass is 10.1. The highest BCUT2D eigenvalue weighted by molar-refractivity contribution is 5.95. The van der Waals surface area contributed by atoms with E-state index in [0.29, 0.717) is 31.9 Å². The quantitative estimate of drug-likeness (QED) is 0.572. The van der Waals surface area contributed by atoms with Crippen molar-refractivity contribution in [3.05, 3.63) is 85.1 Å². The molecule has 1 aromatic heterocycles. The summed E-state index contributed by atoms with van der Waals surface area (Å²) >= 11 is 0. The van der Waals surface area contributed by atoms with Gasteiger partial charge in [0, 0.05) is 48.9 Å². The van der Waals surface area contributed by atoms with Gasteiger partial charge in [0.15, 0.2) is 0 Å². The SMILES string of the molecule is C=Cc1c(C=C)n(C(=C)N2CCN(c3cc(F)cc(F)c3)CC2)c2ccccc12. The van der Waals surface area contributed by atoms with Gasteiger partial charge in [-0.15, -0.1) is 0 Å². The second-order valence-corrected chi connectivity index (χ2v) is 7.08. The van der Waals surface area contributed by atoms with E-state index in [-0.39, 0.29) is 0 Å². The molecule has 2 aromatic carbocycles. The third-order valence-corrected chi connectivity index (χ3v) is 5.46. The summed E-state index contributed by atoms with van der Waals surface area (Å²) in [6, 6.07) is 11.8. The molecule has 0 radical (unpaired) electrons. The van der Waals surface area contributed by atoms with Crippen LogP contribution in [0.3, 0.4) is 0 Å². The van der Waals surface area contributed by atoms with Gasteiger partial charge in [0.1, 0.15) is 17.5 Å². The lowest BCUT2D eigenvalue weighted by molar-refractivity contribution is 0.354. The average Bonchev–Trinajstić information content (AvgIpc) is 3.06. The van der Waals surface area contributed by atoms with E-state index in [1.807, 2.05) is 29.2 Å². The summed E-state index contributed by atoms with van der Waals surface area (Å²) in [5.74, 6) is -0.259. The minimum absolute atomic E-state index is 0.557. The molecular formula is C24H23F2N3. The van der Waals surface area contributed by atoms with Crippen molar-refractivity contribution in [1.82, 2.24) is 9.47 Å². The summed E-state index contributed by atoms with van der Waals surface area (Å²) in [5.41, 5.74) is 3.61. The van der Waals surface area contributed by atoms with E-state index in [1.54, 1.807) is 0 Å². The lowest BCUT2D eigenvalue weighted by Crippen LogP contribution is -2.46. The highest BCUT2D eigenvalue weighted by Gasteiger charge is 2.23. The van der Waals surface area contributed by atoms with Crippen molar-refractivity contribution in [2.45, 2.75) is 0 Å². The molecule has 1 saturated heterocycles. The first kappa shape index (κ1) is 19.0. The van der Waals surface area contributed by atoms with Crippen molar-refractivity contribution in [1.29, 1.82) is 0 Å².